The zero-order chi connectivity index (χ0) is 17.1. The van der Waals surface area contributed by atoms with Gasteiger partial charge in [-0.1, -0.05) is 26.0 Å². The van der Waals surface area contributed by atoms with Crippen LogP contribution in [-0.2, 0) is 11.2 Å². The molecule has 3 rings (SSSR count). The number of aryl methyl sites for hydroxylation is 1. The van der Waals surface area contributed by atoms with Crippen LogP contribution in [-0.4, -0.2) is 17.5 Å². The average Bonchev–Trinajstić information content (AvgIpc) is 3.05. The third kappa shape index (κ3) is 3.37. The minimum absolute atomic E-state index is 0.0646. The molecule has 0 saturated heterocycles. The largest absolute Gasteiger partial charge is 0.456 e. The fourth-order valence-corrected chi connectivity index (χ4v) is 2.61. The third-order valence-corrected chi connectivity index (χ3v) is 3.93. The summed E-state index contributed by atoms with van der Waals surface area (Å²) in [7, 11) is 0. The van der Waals surface area contributed by atoms with Crippen molar-refractivity contribution < 1.29 is 14.0 Å². The van der Waals surface area contributed by atoms with Crippen LogP contribution in [0.1, 0.15) is 42.1 Å². The van der Waals surface area contributed by atoms with Crippen molar-refractivity contribution in [2.75, 3.05) is 5.32 Å². The van der Waals surface area contributed by atoms with Gasteiger partial charge in [0.05, 0.1) is 5.71 Å². The van der Waals surface area contributed by atoms with Crippen LogP contribution >= 0.6 is 0 Å². The molecule has 0 bridgehead atoms. The van der Waals surface area contributed by atoms with Crippen LogP contribution in [0.4, 0.5) is 5.69 Å². The first-order chi connectivity index (χ1) is 11.6. The molecule has 2 N–H and O–H groups in total. The van der Waals surface area contributed by atoms with Crippen LogP contribution < -0.4 is 10.7 Å². The van der Waals surface area contributed by atoms with Gasteiger partial charge >= 0.3 is 0 Å². The summed E-state index contributed by atoms with van der Waals surface area (Å²) in [5.74, 6) is 0.790. The van der Waals surface area contributed by atoms with E-state index < -0.39 is 0 Å². The predicted octanol–water partition coefficient (Wildman–Crippen LogP) is 2.95. The fourth-order valence-electron chi connectivity index (χ4n) is 2.61. The number of benzene rings is 1. The van der Waals surface area contributed by atoms with Crippen molar-refractivity contribution in [3.8, 4) is 0 Å². The zero-order valence-corrected chi connectivity index (χ0v) is 13.6. The highest BCUT2D eigenvalue weighted by Crippen LogP contribution is 2.19. The van der Waals surface area contributed by atoms with Gasteiger partial charge in [0, 0.05) is 24.4 Å². The summed E-state index contributed by atoms with van der Waals surface area (Å²) >= 11 is 0. The second kappa shape index (κ2) is 6.70. The van der Waals surface area contributed by atoms with Gasteiger partial charge in [0.15, 0.2) is 5.76 Å². The van der Waals surface area contributed by atoms with E-state index >= 15 is 0 Å². The van der Waals surface area contributed by atoms with Gasteiger partial charge in [-0.2, -0.15) is 5.10 Å². The number of hydrogen-bond donors (Lipinski definition) is 2. The van der Waals surface area contributed by atoms with Crippen molar-refractivity contribution >= 4 is 23.2 Å². The summed E-state index contributed by atoms with van der Waals surface area (Å²) in [6.07, 6.45) is 1.17. The Morgan fingerprint density at radius 2 is 2.04 bits per heavy atom. The highest BCUT2D eigenvalue weighted by Gasteiger charge is 2.21. The van der Waals surface area contributed by atoms with Crippen molar-refractivity contribution in [2.45, 2.75) is 26.7 Å². The molecule has 2 aromatic rings. The molecule has 0 radical (unpaired) electrons. The Bertz CT molecular complexity index is 790. The summed E-state index contributed by atoms with van der Waals surface area (Å²) < 4.78 is 5.44. The average molecular weight is 325 g/mol. The standard InChI is InChI=1S/C18H19N3O3/c1-3-14-8-9-15(24-14)18(23)19-13-6-4-12(5-7-13)17-11(2)10-16(22)20-21-17/h4-9,11H,3,10H2,1-2H3,(H,19,23)(H,20,22). The smallest absolute Gasteiger partial charge is 0.291 e. The fraction of sp³-hybridized carbons (Fsp3) is 0.278. The van der Waals surface area contributed by atoms with E-state index in [0.717, 1.165) is 23.5 Å². The van der Waals surface area contributed by atoms with E-state index in [1.165, 1.54) is 0 Å². The van der Waals surface area contributed by atoms with E-state index in [2.05, 4.69) is 15.8 Å². The molecule has 1 aliphatic rings. The monoisotopic (exact) mass is 325 g/mol. The van der Waals surface area contributed by atoms with Gasteiger partial charge in [-0.3, -0.25) is 9.59 Å². The molecule has 24 heavy (non-hydrogen) atoms. The highest BCUT2D eigenvalue weighted by atomic mass is 16.3. The Kier molecular flexibility index (Phi) is 4.46. The predicted molar refractivity (Wildman–Crippen MR) is 90.9 cm³/mol. The molecule has 2 heterocycles. The topological polar surface area (TPSA) is 83.7 Å². The summed E-state index contributed by atoms with van der Waals surface area (Å²) in [6.45, 7) is 3.94. The molecule has 1 aromatic heterocycles. The summed E-state index contributed by atoms with van der Waals surface area (Å²) in [4.78, 5) is 23.5. The lowest BCUT2D eigenvalue weighted by Crippen LogP contribution is -2.31. The molecule has 0 fully saturated rings. The summed E-state index contributed by atoms with van der Waals surface area (Å²) in [5.41, 5.74) is 4.94. The van der Waals surface area contributed by atoms with Crippen LogP contribution in [0.5, 0.6) is 0 Å². The number of hydrazone groups is 1. The van der Waals surface area contributed by atoms with Gasteiger partial charge in [0.25, 0.3) is 5.91 Å². The number of amides is 2. The zero-order valence-electron chi connectivity index (χ0n) is 13.6. The Morgan fingerprint density at radius 1 is 1.29 bits per heavy atom. The maximum absolute atomic E-state index is 12.1. The molecule has 1 aromatic carbocycles. The third-order valence-electron chi connectivity index (χ3n) is 3.93. The normalized spacial score (nSPS) is 17.2. The molecule has 6 heteroatoms. The van der Waals surface area contributed by atoms with Gasteiger partial charge in [-0.05, 0) is 29.8 Å². The highest BCUT2D eigenvalue weighted by molar-refractivity contribution is 6.06. The minimum atomic E-state index is -0.280. The molecule has 2 amide bonds. The van der Waals surface area contributed by atoms with Gasteiger partial charge < -0.3 is 9.73 Å². The van der Waals surface area contributed by atoms with E-state index in [-0.39, 0.29) is 17.7 Å². The quantitative estimate of drug-likeness (QED) is 0.906. The molecule has 0 saturated carbocycles. The van der Waals surface area contributed by atoms with Gasteiger partial charge in [-0.25, -0.2) is 5.43 Å². The van der Waals surface area contributed by atoms with Crippen molar-refractivity contribution in [1.29, 1.82) is 0 Å². The first-order valence-corrected chi connectivity index (χ1v) is 7.93. The number of hydrogen-bond acceptors (Lipinski definition) is 4. The first-order valence-electron chi connectivity index (χ1n) is 7.93. The van der Waals surface area contributed by atoms with E-state index in [0.29, 0.717) is 17.9 Å². The number of rotatable bonds is 4. The molecule has 0 aliphatic carbocycles. The minimum Gasteiger partial charge on any atom is -0.456 e. The molecule has 1 atom stereocenters. The Labute approximate surface area is 139 Å². The molecule has 1 unspecified atom stereocenters. The molecular weight excluding hydrogens is 306 g/mol. The van der Waals surface area contributed by atoms with Crippen molar-refractivity contribution in [2.24, 2.45) is 11.0 Å². The lowest BCUT2D eigenvalue weighted by Gasteiger charge is -2.19. The number of nitrogens with zero attached hydrogens (tertiary/aromatic N) is 1. The van der Waals surface area contributed by atoms with Crippen molar-refractivity contribution in [1.82, 2.24) is 5.43 Å². The van der Waals surface area contributed by atoms with Crippen molar-refractivity contribution in [3.05, 3.63) is 53.5 Å². The van der Waals surface area contributed by atoms with Gasteiger partial charge in [0.1, 0.15) is 5.76 Å². The maximum atomic E-state index is 12.1. The second-order valence-electron chi connectivity index (χ2n) is 5.79. The van der Waals surface area contributed by atoms with E-state index in [4.69, 9.17) is 4.42 Å². The van der Waals surface area contributed by atoms with Crippen LogP contribution in [0, 0.1) is 5.92 Å². The molecule has 0 spiro atoms. The molecule has 124 valence electrons. The summed E-state index contributed by atoms with van der Waals surface area (Å²) in [5, 5.41) is 6.93. The number of carbonyl (C=O) groups excluding carboxylic acids is 2. The van der Waals surface area contributed by atoms with Crippen LogP contribution in [0.3, 0.4) is 0 Å². The Balaban J connectivity index is 1.70. The summed E-state index contributed by atoms with van der Waals surface area (Å²) in [6, 6.07) is 10.8. The number of furan rings is 1. The van der Waals surface area contributed by atoms with Crippen LogP contribution in [0.15, 0.2) is 45.9 Å². The lowest BCUT2D eigenvalue weighted by molar-refractivity contribution is -0.121. The first kappa shape index (κ1) is 16.0. The number of nitrogens with one attached hydrogen (secondary N) is 2. The Hall–Kier alpha value is -2.89. The lowest BCUT2D eigenvalue weighted by atomic mass is 9.94. The van der Waals surface area contributed by atoms with Gasteiger partial charge in [-0.15, -0.1) is 0 Å². The maximum Gasteiger partial charge on any atom is 0.291 e. The van der Waals surface area contributed by atoms with Crippen molar-refractivity contribution in [3.63, 3.8) is 0 Å². The molecule has 1 aliphatic heterocycles. The van der Waals surface area contributed by atoms with Crippen LogP contribution in [0.25, 0.3) is 0 Å². The SMILES string of the molecule is CCc1ccc(C(=O)Nc2ccc(C3=NNC(=O)CC3C)cc2)o1. The van der Waals surface area contributed by atoms with Crippen LogP contribution in [0.2, 0.25) is 0 Å². The Morgan fingerprint density at radius 3 is 2.67 bits per heavy atom. The van der Waals surface area contributed by atoms with Gasteiger partial charge in [0.2, 0.25) is 5.91 Å². The van der Waals surface area contributed by atoms with E-state index in [9.17, 15) is 9.59 Å². The molecular formula is C18H19N3O3. The number of carbonyl (C=O) groups is 2. The second-order valence-corrected chi connectivity index (χ2v) is 5.79. The number of anilines is 1. The molecule has 6 nitrogen and oxygen atoms in total. The van der Waals surface area contributed by atoms with E-state index in [1.54, 1.807) is 12.1 Å². The van der Waals surface area contributed by atoms with E-state index in [1.807, 2.05) is 38.1 Å².